The van der Waals surface area contributed by atoms with Crippen LogP contribution in [0.5, 0.6) is 0 Å². The summed E-state index contributed by atoms with van der Waals surface area (Å²) in [5, 5.41) is 6.52. The van der Waals surface area contributed by atoms with Crippen LogP contribution in [0.15, 0.2) is 30.5 Å². The van der Waals surface area contributed by atoms with Crippen molar-refractivity contribution in [3.8, 4) is 0 Å². The van der Waals surface area contributed by atoms with Gasteiger partial charge in [0.2, 0.25) is 0 Å². The molecule has 4 nitrogen and oxygen atoms in total. The topological polar surface area (TPSA) is 56.9 Å². The Morgan fingerprint density at radius 2 is 2.19 bits per heavy atom. The van der Waals surface area contributed by atoms with Crippen molar-refractivity contribution in [2.75, 3.05) is 13.6 Å². The Hall–Kier alpha value is -1.97. The highest BCUT2D eigenvalue weighted by molar-refractivity contribution is 5.83. The predicted octanol–water partition coefficient (Wildman–Crippen LogP) is 1.64. The minimum atomic E-state index is -0.139. The van der Waals surface area contributed by atoms with Crippen LogP contribution in [0.25, 0.3) is 10.9 Å². The second kappa shape index (κ2) is 4.70. The first-order valence-electron chi connectivity index (χ1n) is 5.32. The number of para-hydroxylation sites is 1. The number of aromatic amines is 1. The van der Waals surface area contributed by atoms with E-state index in [1.807, 2.05) is 24.4 Å². The molecule has 0 aliphatic rings. The van der Waals surface area contributed by atoms with Crippen LogP contribution in [-0.4, -0.2) is 24.6 Å². The average molecular weight is 217 g/mol. The monoisotopic (exact) mass is 217 g/mol. The van der Waals surface area contributed by atoms with Crippen LogP contribution in [0.4, 0.5) is 4.79 Å². The lowest BCUT2D eigenvalue weighted by atomic mass is 10.1. The Kier molecular flexibility index (Phi) is 3.10. The Balaban J connectivity index is 2.02. The van der Waals surface area contributed by atoms with Crippen molar-refractivity contribution in [3.63, 3.8) is 0 Å². The minimum absolute atomic E-state index is 0.139. The molecular weight excluding hydrogens is 202 g/mol. The predicted molar refractivity (Wildman–Crippen MR) is 64.5 cm³/mol. The van der Waals surface area contributed by atoms with Gasteiger partial charge in [0.1, 0.15) is 0 Å². The van der Waals surface area contributed by atoms with E-state index < -0.39 is 0 Å². The molecule has 4 heteroatoms. The Morgan fingerprint density at radius 1 is 1.38 bits per heavy atom. The number of aromatic nitrogens is 1. The summed E-state index contributed by atoms with van der Waals surface area (Å²) in [6, 6.07) is 8.02. The highest BCUT2D eigenvalue weighted by Gasteiger charge is 2.02. The number of benzene rings is 1. The zero-order valence-electron chi connectivity index (χ0n) is 9.21. The van der Waals surface area contributed by atoms with Crippen molar-refractivity contribution in [1.82, 2.24) is 15.6 Å². The van der Waals surface area contributed by atoms with Gasteiger partial charge in [-0.2, -0.15) is 0 Å². The molecule has 2 amide bonds. The van der Waals surface area contributed by atoms with E-state index in [1.54, 1.807) is 7.05 Å². The van der Waals surface area contributed by atoms with Crippen molar-refractivity contribution in [3.05, 3.63) is 36.0 Å². The fourth-order valence-electron chi connectivity index (χ4n) is 1.74. The van der Waals surface area contributed by atoms with Gasteiger partial charge in [0.05, 0.1) is 0 Å². The molecule has 0 aliphatic carbocycles. The number of carbonyl (C=O) groups excluding carboxylic acids is 1. The van der Waals surface area contributed by atoms with E-state index in [2.05, 4.69) is 21.7 Å². The second-order valence-electron chi connectivity index (χ2n) is 3.62. The van der Waals surface area contributed by atoms with E-state index in [0.717, 1.165) is 11.9 Å². The third kappa shape index (κ3) is 2.16. The zero-order valence-corrected chi connectivity index (χ0v) is 9.21. The van der Waals surface area contributed by atoms with Gasteiger partial charge in [-0.3, -0.25) is 0 Å². The van der Waals surface area contributed by atoms with Crippen LogP contribution >= 0.6 is 0 Å². The SMILES string of the molecule is CNC(=O)NCCc1c[nH]c2ccccc12. The minimum Gasteiger partial charge on any atom is -0.361 e. The first-order chi connectivity index (χ1) is 7.81. The third-order valence-electron chi connectivity index (χ3n) is 2.58. The largest absolute Gasteiger partial charge is 0.361 e. The van der Waals surface area contributed by atoms with Gasteiger partial charge in [0.15, 0.2) is 0 Å². The van der Waals surface area contributed by atoms with Crippen LogP contribution in [0.3, 0.4) is 0 Å². The first-order valence-corrected chi connectivity index (χ1v) is 5.32. The molecule has 0 unspecified atom stereocenters. The third-order valence-corrected chi connectivity index (χ3v) is 2.58. The van der Waals surface area contributed by atoms with E-state index in [9.17, 15) is 4.79 Å². The second-order valence-corrected chi connectivity index (χ2v) is 3.62. The van der Waals surface area contributed by atoms with Crippen LogP contribution in [0.1, 0.15) is 5.56 Å². The molecule has 1 heterocycles. The number of rotatable bonds is 3. The van der Waals surface area contributed by atoms with Crippen LogP contribution in [0, 0.1) is 0 Å². The summed E-state index contributed by atoms with van der Waals surface area (Å²) in [5.41, 5.74) is 2.37. The molecule has 0 saturated carbocycles. The molecule has 0 saturated heterocycles. The number of carbonyl (C=O) groups is 1. The number of fused-ring (bicyclic) bond motifs is 1. The molecule has 0 aliphatic heterocycles. The van der Waals surface area contributed by atoms with E-state index in [4.69, 9.17) is 0 Å². The summed E-state index contributed by atoms with van der Waals surface area (Å²) in [7, 11) is 1.61. The molecule has 0 spiro atoms. The number of amides is 2. The van der Waals surface area contributed by atoms with E-state index in [-0.39, 0.29) is 6.03 Å². The summed E-state index contributed by atoms with van der Waals surface area (Å²) in [5.74, 6) is 0. The molecule has 1 aromatic heterocycles. The van der Waals surface area contributed by atoms with Gasteiger partial charge in [0.25, 0.3) is 0 Å². The van der Waals surface area contributed by atoms with Crippen molar-refractivity contribution < 1.29 is 4.79 Å². The average Bonchev–Trinajstić information content (AvgIpc) is 2.73. The molecule has 3 N–H and O–H groups in total. The number of hydrogen-bond donors (Lipinski definition) is 3. The van der Waals surface area contributed by atoms with Gasteiger partial charge < -0.3 is 15.6 Å². The smallest absolute Gasteiger partial charge is 0.314 e. The van der Waals surface area contributed by atoms with Gasteiger partial charge in [-0.1, -0.05) is 18.2 Å². The van der Waals surface area contributed by atoms with E-state index in [1.165, 1.54) is 10.9 Å². The highest BCUT2D eigenvalue weighted by atomic mass is 16.2. The molecule has 0 fully saturated rings. The van der Waals surface area contributed by atoms with Crippen LogP contribution < -0.4 is 10.6 Å². The first kappa shape index (κ1) is 10.5. The highest BCUT2D eigenvalue weighted by Crippen LogP contribution is 2.17. The molecule has 2 rings (SSSR count). The molecule has 16 heavy (non-hydrogen) atoms. The molecule has 1 aromatic carbocycles. The number of H-pyrrole nitrogens is 1. The quantitative estimate of drug-likeness (QED) is 0.719. The standard InChI is InChI=1S/C12H15N3O/c1-13-12(16)14-7-6-9-8-15-11-5-3-2-4-10(9)11/h2-5,8,15H,6-7H2,1H3,(H2,13,14,16). The number of urea groups is 1. The molecule has 84 valence electrons. The van der Waals surface area contributed by atoms with E-state index in [0.29, 0.717) is 6.54 Å². The lowest BCUT2D eigenvalue weighted by molar-refractivity contribution is 0.243. The van der Waals surface area contributed by atoms with Gasteiger partial charge in [-0.05, 0) is 18.1 Å². The molecular formula is C12H15N3O. The fraction of sp³-hybridized carbons (Fsp3) is 0.250. The van der Waals surface area contributed by atoms with Crippen molar-refractivity contribution in [1.29, 1.82) is 0 Å². The summed E-state index contributed by atoms with van der Waals surface area (Å²) in [6.45, 7) is 0.640. The Bertz CT molecular complexity index is 490. The van der Waals surface area contributed by atoms with Gasteiger partial charge in [0, 0.05) is 30.7 Å². The molecule has 0 atom stereocenters. The maximum Gasteiger partial charge on any atom is 0.314 e. The molecule has 0 bridgehead atoms. The fourth-order valence-corrected chi connectivity index (χ4v) is 1.74. The zero-order chi connectivity index (χ0) is 11.4. The van der Waals surface area contributed by atoms with E-state index >= 15 is 0 Å². The maximum atomic E-state index is 11.0. The van der Waals surface area contributed by atoms with Gasteiger partial charge in [-0.15, -0.1) is 0 Å². The lowest BCUT2D eigenvalue weighted by Crippen LogP contribution is -2.33. The Labute approximate surface area is 94.0 Å². The summed E-state index contributed by atoms with van der Waals surface area (Å²) >= 11 is 0. The van der Waals surface area contributed by atoms with Crippen LogP contribution in [-0.2, 0) is 6.42 Å². The Morgan fingerprint density at radius 3 is 3.00 bits per heavy atom. The van der Waals surface area contributed by atoms with Crippen molar-refractivity contribution in [2.45, 2.75) is 6.42 Å². The summed E-state index contributed by atoms with van der Waals surface area (Å²) in [6.07, 6.45) is 2.83. The van der Waals surface area contributed by atoms with Gasteiger partial charge in [-0.25, -0.2) is 4.79 Å². The summed E-state index contributed by atoms with van der Waals surface area (Å²) in [4.78, 5) is 14.2. The number of nitrogens with one attached hydrogen (secondary N) is 3. The maximum absolute atomic E-state index is 11.0. The normalized spacial score (nSPS) is 10.3. The summed E-state index contributed by atoms with van der Waals surface area (Å²) < 4.78 is 0. The van der Waals surface area contributed by atoms with Crippen molar-refractivity contribution >= 4 is 16.9 Å². The molecule has 2 aromatic rings. The number of hydrogen-bond acceptors (Lipinski definition) is 1. The molecule has 0 radical (unpaired) electrons. The lowest BCUT2D eigenvalue weighted by Gasteiger charge is -2.03. The van der Waals surface area contributed by atoms with Gasteiger partial charge >= 0.3 is 6.03 Å². The van der Waals surface area contributed by atoms with Crippen molar-refractivity contribution in [2.24, 2.45) is 0 Å². The van der Waals surface area contributed by atoms with Crippen LogP contribution in [0.2, 0.25) is 0 Å².